The van der Waals surface area contributed by atoms with E-state index in [4.69, 9.17) is 15.2 Å². The van der Waals surface area contributed by atoms with Crippen LogP contribution in [-0.4, -0.2) is 13.2 Å². The Labute approximate surface area is 105 Å². The lowest BCUT2D eigenvalue weighted by Gasteiger charge is -2.17. The van der Waals surface area contributed by atoms with E-state index in [1.165, 1.54) is 0 Å². The van der Waals surface area contributed by atoms with Crippen molar-refractivity contribution < 1.29 is 9.47 Å². The molecule has 0 radical (unpaired) electrons. The first-order chi connectivity index (χ1) is 7.62. The molecule has 90 valence electrons. The van der Waals surface area contributed by atoms with Gasteiger partial charge in [-0.25, -0.2) is 0 Å². The molecular formula is C12H18BrNO2. The number of nitrogens with two attached hydrogens (primary N) is 1. The highest BCUT2D eigenvalue weighted by Gasteiger charge is 2.13. The third-order valence-corrected chi connectivity index (χ3v) is 3.01. The van der Waals surface area contributed by atoms with Crippen molar-refractivity contribution in [2.45, 2.75) is 32.9 Å². The SMILES string of the molecule is CCC(C)Oc1c(Br)cc(CN)cc1OC. The molecule has 16 heavy (non-hydrogen) atoms. The number of ether oxygens (including phenoxy) is 2. The summed E-state index contributed by atoms with van der Waals surface area (Å²) >= 11 is 3.48. The molecule has 0 aliphatic carbocycles. The minimum absolute atomic E-state index is 0.161. The molecule has 0 aliphatic heterocycles. The second kappa shape index (κ2) is 6.11. The third kappa shape index (κ3) is 3.12. The van der Waals surface area contributed by atoms with E-state index >= 15 is 0 Å². The predicted octanol–water partition coefficient (Wildman–Crippen LogP) is 3.09. The molecule has 0 fully saturated rings. The molecule has 0 aromatic heterocycles. The minimum Gasteiger partial charge on any atom is -0.493 e. The Morgan fingerprint density at radius 1 is 1.44 bits per heavy atom. The molecule has 2 N–H and O–H groups in total. The zero-order valence-electron chi connectivity index (χ0n) is 9.92. The zero-order chi connectivity index (χ0) is 12.1. The van der Waals surface area contributed by atoms with E-state index in [-0.39, 0.29) is 6.10 Å². The Balaban J connectivity index is 3.06. The van der Waals surface area contributed by atoms with Crippen LogP contribution in [0.3, 0.4) is 0 Å². The predicted molar refractivity (Wildman–Crippen MR) is 69.0 cm³/mol. The highest BCUT2D eigenvalue weighted by Crippen LogP contribution is 2.37. The number of halogens is 1. The molecule has 0 heterocycles. The maximum Gasteiger partial charge on any atom is 0.175 e. The number of benzene rings is 1. The standard InChI is InChI=1S/C12H18BrNO2/c1-4-8(2)16-12-10(13)5-9(7-14)6-11(12)15-3/h5-6,8H,4,7,14H2,1-3H3. The van der Waals surface area contributed by atoms with Gasteiger partial charge in [-0.15, -0.1) is 0 Å². The maximum absolute atomic E-state index is 5.80. The van der Waals surface area contributed by atoms with E-state index in [2.05, 4.69) is 22.9 Å². The van der Waals surface area contributed by atoms with E-state index < -0.39 is 0 Å². The molecule has 3 nitrogen and oxygen atoms in total. The van der Waals surface area contributed by atoms with Crippen molar-refractivity contribution in [2.24, 2.45) is 5.73 Å². The zero-order valence-corrected chi connectivity index (χ0v) is 11.5. The summed E-state index contributed by atoms with van der Waals surface area (Å²) in [5, 5.41) is 0. The Morgan fingerprint density at radius 3 is 2.62 bits per heavy atom. The first-order valence-electron chi connectivity index (χ1n) is 5.35. The van der Waals surface area contributed by atoms with Crippen molar-refractivity contribution in [1.29, 1.82) is 0 Å². The molecule has 0 bridgehead atoms. The summed E-state index contributed by atoms with van der Waals surface area (Å²) in [6.45, 7) is 4.60. The van der Waals surface area contributed by atoms with Gasteiger partial charge in [0.25, 0.3) is 0 Å². The molecule has 1 atom stereocenters. The molecule has 0 saturated heterocycles. The van der Waals surface area contributed by atoms with Gasteiger partial charge in [0.1, 0.15) is 0 Å². The van der Waals surface area contributed by atoms with Gasteiger partial charge in [0, 0.05) is 6.54 Å². The summed E-state index contributed by atoms with van der Waals surface area (Å²) in [6, 6.07) is 3.86. The lowest BCUT2D eigenvalue weighted by atomic mass is 10.2. The van der Waals surface area contributed by atoms with E-state index in [9.17, 15) is 0 Å². The van der Waals surface area contributed by atoms with Crippen molar-refractivity contribution >= 4 is 15.9 Å². The summed E-state index contributed by atoms with van der Waals surface area (Å²) in [7, 11) is 1.63. The largest absolute Gasteiger partial charge is 0.493 e. The summed E-state index contributed by atoms with van der Waals surface area (Å²) in [5.74, 6) is 1.46. The van der Waals surface area contributed by atoms with E-state index in [1.807, 2.05) is 19.1 Å². The smallest absolute Gasteiger partial charge is 0.175 e. The van der Waals surface area contributed by atoms with Crippen molar-refractivity contribution in [3.8, 4) is 11.5 Å². The van der Waals surface area contributed by atoms with Gasteiger partial charge in [-0.2, -0.15) is 0 Å². The summed E-state index contributed by atoms with van der Waals surface area (Å²) < 4.78 is 12.0. The monoisotopic (exact) mass is 287 g/mol. The fraction of sp³-hybridized carbons (Fsp3) is 0.500. The van der Waals surface area contributed by atoms with Gasteiger partial charge < -0.3 is 15.2 Å². The summed E-state index contributed by atoms with van der Waals surface area (Å²) in [4.78, 5) is 0. The molecule has 0 amide bonds. The van der Waals surface area contributed by atoms with Crippen molar-refractivity contribution in [3.05, 3.63) is 22.2 Å². The quantitative estimate of drug-likeness (QED) is 0.905. The second-order valence-electron chi connectivity index (χ2n) is 3.65. The Morgan fingerprint density at radius 2 is 2.12 bits per heavy atom. The van der Waals surface area contributed by atoms with Crippen LogP contribution in [0.4, 0.5) is 0 Å². The molecule has 0 spiro atoms. The van der Waals surface area contributed by atoms with Crippen LogP contribution in [0.25, 0.3) is 0 Å². The van der Waals surface area contributed by atoms with Crippen LogP contribution in [-0.2, 0) is 6.54 Å². The fourth-order valence-corrected chi connectivity index (χ4v) is 1.87. The van der Waals surface area contributed by atoms with Crippen molar-refractivity contribution in [2.75, 3.05) is 7.11 Å². The molecule has 0 aliphatic rings. The van der Waals surface area contributed by atoms with Crippen molar-refractivity contribution in [3.63, 3.8) is 0 Å². The van der Waals surface area contributed by atoms with Gasteiger partial charge in [-0.3, -0.25) is 0 Å². The van der Waals surface area contributed by atoms with Crippen molar-refractivity contribution in [1.82, 2.24) is 0 Å². The lowest BCUT2D eigenvalue weighted by molar-refractivity contribution is 0.206. The molecule has 1 aromatic rings. The summed E-state index contributed by atoms with van der Waals surface area (Å²) in [5.41, 5.74) is 6.62. The first kappa shape index (κ1) is 13.3. The first-order valence-corrected chi connectivity index (χ1v) is 6.14. The Bertz CT molecular complexity index is 355. The molecule has 4 heteroatoms. The van der Waals surface area contributed by atoms with Crippen LogP contribution < -0.4 is 15.2 Å². The third-order valence-electron chi connectivity index (χ3n) is 2.42. The minimum atomic E-state index is 0.161. The number of hydrogen-bond acceptors (Lipinski definition) is 3. The molecule has 0 saturated carbocycles. The fourth-order valence-electron chi connectivity index (χ4n) is 1.29. The maximum atomic E-state index is 5.80. The Kier molecular flexibility index (Phi) is 5.09. The van der Waals surface area contributed by atoms with Crippen LogP contribution >= 0.6 is 15.9 Å². The average molecular weight is 288 g/mol. The highest BCUT2D eigenvalue weighted by molar-refractivity contribution is 9.10. The number of hydrogen-bond donors (Lipinski definition) is 1. The highest BCUT2D eigenvalue weighted by atomic mass is 79.9. The molecular weight excluding hydrogens is 270 g/mol. The van der Waals surface area contributed by atoms with E-state index in [0.717, 1.165) is 28.0 Å². The van der Waals surface area contributed by atoms with Crippen LogP contribution in [0.15, 0.2) is 16.6 Å². The summed E-state index contributed by atoms with van der Waals surface area (Å²) in [6.07, 6.45) is 1.11. The number of methoxy groups -OCH3 is 1. The average Bonchev–Trinajstić information content (AvgIpc) is 2.30. The van der Waals surface area contributed by atoms with Crippen LogP contribution in [0, 0.1) is 0 Å². The van der Waals surface area contributed by atoms with Crippen LogP contribution in [0.2, 0.25) is 0 Å². The van der Waals surface area contributed by atoms with Crippen LogP contribution in [0.5, 0.6) is 11.5 Å². The van der Waals surface area contributed by atoms with Gasteiger partial charge in [0.2, 0.25) is 0 Å². The second-order valence-corrected chi connectivity index (χ2v) is 4.50. The van der Waals surface area contributed by atoms with E-state index in [1.54, 1.807) is 7.11 Å². The Hall–Kier alpha value is -0.740. The van der Waals surface area contributed by atoms with Crippen LogP contribution in [0.1, 0.15) is 25.8 Å². The number of rotatable bonds is 5. The molecule has 1 unspecified atom stereocenters. The van der Waals surface area contributed by atoms with E-state index in [0.29, 0.717) is 6.54 Å². The lowest BCUT2D eigenvalue weighted by Crippen LogP contribution is -2.11. The van der Waals surface area contributed by atoms with Gasteiger partial charge in [-0.05, 0) is 47.0 Å². The molecule has 1 rings (SSSR count). The van der Waals surface area contributed by atoms with Gasteiger partial charge in [-0.1, -0.05) is 6.92 Å². The van der Waals surface area contributed by atoms with Gasteiger partial charge >= 0.3 is 0 Å². The van der Waals surface area contributed by atoms with Gasteiger partial charge in [0.15, 0.2) is 11.5 Å². The normalized spacial score (nSPS) is 12.3. The topological polar surface area (TPSA) is 44.5 Å². The molecule has 1 aromatic carbocycles. The van der Waals surface area contributed by atoms with Gasteiger partial charge in [0.05, 0.1) is 17.7 Å².